The van der Waals surface area contributed by atoms with Crippen LogP contribution in [0, 0.1) is 11.8 Å². The van der Waals surface area contributed by atoms with Crippen molar-refractivity contribution >= 4 is 29.1 Å². The first kappa shape index (κ1) is 19.8. The maximum Gasteiger partial charge on any atom is 0.257 e. The number of nitrogens with two attached hydrogens (primary N) is 1. The van der Waals surface area contributed by atoms with Crippen LogP contribution in [0.1, 0.15) is 43.0 Å². The number of nitrogens with zero attached hydrogens (tertiary/aromatic N) is 2. The number of rotatable bonds is 3. The summed E-state index contributed by atoms with van der Waals surface area (Å²) in [5.41, 5.74) is 6.59. The van der Waals surface area contributed by atoms with E-state index in [4.69, 9.17) is 22.1 Å². The standard InChI is InChI=1S/C20H28ClN3O3/c1-13-4-3-7-24(12-13)19(25)14-5-8-23(9-6-14)20(26)15-10-16(21)17(22)11-18(15)27-2/h10-11,13-14H,3-9,12,22H2,1-2H3. The van der Waals surface area contributed by atoms with Crippen LogP contribution >= 0.6 is 11.6 Å². The SMILES string of the molecule is COc1cc(N)c(Cl)cc1C(=O)N1CCC(C(=O)N2CCCC(C)C2)CC1. The summed E-state index contributed by atoms with van der Waals surface area (Å²) < 4.78 is 5.29. The van der Waals surface area contributed by atoms with Crippen molar-refractivity contribution in [2.45, 2.75) is 32.6 Å². The molecule has 2 saturated heterocycles. The van der Waals surface area contributed by atoms with E-state index >= 15 is 0 Å². The molecule has 0 aliphatic carbocycles. The third-order valence-corrected chi connectivity index (χ3v) is 5.98. The van der Waals surface area contributed by atoms with Crippen molar-refractivity contribution in [2.24, 2.45) is 11.8 Å². The third kappa shape index (κ3) is 4.32. The Morgan fingerprint density at radius 2 is 1.85 bits per heavy atom. The van der Waals surface area contributed by atoms with E-state index in [1.54, 1.807) is 17.0 Å². The maximum absolute atomic E-state index is 12.9. The van der Waals surface area contributed by atoms with Gasteiger partial charge in [-0.2, -0.15) is 0 Å². The highest BCUT2D eigenvalue weighted by Crippen LogP contribution is 2.31. The molecule has 1 atom stereocenters. The van der Waals surface area contributed by atoms with Gasteiger partial charge in [0.15, 0.2) is 0 Å². The monoisotopic (exact) mass is 393 g/mol. The zero-order valence-electron chi connectivity index (χ0n) is 16.0. The van der Waals surface area contributed by atoms with Crippen LogP contribution in [-0.4, -0.2) is 54.9 Å². The number of amides is 2. The second-order valence-corrected chi connectivity index (χ2v) is 8.08. The fourth-order valence-corrected chi connectivity index (χ4v) is 4.22. The predicted molar refractivity (Wildman–Crippen MR) is 106 cm³/mol. The number of hydrogen-bond acceptors (Lipinski definition) is 4. The van der Waals surface area contributed by atoms with Crippen LogP contribution < -0.4 is 10.5 Å². The molecule has 3 rings (SSSR count). The van der Waals surface area contributed by atoms with Gasteiger partial charge >= 0.3 is 0 Å². The Labute approximate surface area is 165 Å². The zero-order valence-corrected chi connectivity index (χ0v) is 16.8. The smallest absolute Gasteiger partial charge is 0.257 e. The molecular formula is C20H28ClN3O3. The van der Waals surface area contributed by atoms with Crippen molar-refractivity contribution in [2.75, 3.05) is 39.0 Å². The number of likely N-dealkylation sites (tertiary alicyclic amines) is 2. The molecule has 7 heteroatoms. The van der Waals surface area contributed by atoms with E-state index in [2.05, 4.69) is 6.92 Å². The first-order chi connectivity index (χ1) is 12.9. The molecule has 0 bridgehead atoms. The molecule has 1 unspecified atom stereocenters. The number of methoxy groups -OCH3 is 1. The van der Waals surface area contributed by atoms with Gasteiger partial charge in [-0.3, -0.25) is 9.59 Å². The molecule has 2 aliphatic heterocycles. The van der Waals surface area contributed by atoms with Crippen LogP contribution in [0.4, 0.5) is 5.69 Å². The minimum Gasteiger partial charge on any atom is -0.496 e. The van der Waals surface area contributed by atoms with Crippen LogP contribution in [0.2, 0.25) is 5.02 Å². The van der Waals surface area contributed by atoms with E-state index in [0.29, 0.717) is 53.9 Å². The Balaban J connectivity index is 1.63. The summed E-state index contributed by atoms with van der Waals surface area (Å²) in [6, 6.07) is 3.13. The number of piperidine rings is 2. The molecule has 1 aromatic rings. The van der Waals surface area contributed by atoms with Gasteiger partial charge in [0, 0.05) is 38.2 Å². The van der Waals surface area contributed by atoms with E-state index in [1.807, 2.05) is 4.90 Å². The topological polar surface area (TPSA) is 75.9 Å². The van der Waals surface area contributed by atoms with Crippen molar-refractivity contribution in [3.05, 3.63) is 22.7 Å². The molecule has 27 heavy (non-hydrogen) atoms. The summed E-state index contributed by atoms with van der Waals surface area (Å²) in [6.45, 7) is 5.04. The minimum absolute atomic E-state index is 0.0104. The molecule has 2 amide bonds. The highest BCUT2D eigenvalue weighted by molar-refractivity contribution is 6.33. The molecule has 148 valence electrons. The van der Waals surface area contributed by atoms with E-state index < -0.39 is 0 Å². The highest BCUT2D eigenvalue weighted by Gasteiger charge is 2.32. The molecule has 0 radical (unpaired) electrons. The summed E-state index contributed by atoms with van der Waals surface area (Å²) in [6.07, 6.45) is 3.67. The van der Waals surface area contributed by atoms with Gasteiger partial charge in [0.2, 0.25) is 5.91 Å². The van der Waals surface area contributed by atoms with Crippen LogP contribution in [0.25, 0.3) is 0 Å². The lowest BCUT2D eigenvalue weighted by Gasteiger charge is -2.37. The lowest BCUT2D eigenvalue weighted by molar-refractivity contribution is -0.138. The number of halogens is 1. The first-order valence-corrected chi connectivity index (χ1v) is 9.99. The van der Waals surface area contributed by atoms with Crippen molar-refractivity contribution in [1.82, 2.24) is 9.80 Å². The Hall–Kier alpha value is -1.95. The fourth-order valence-electron chi connectivity index (χ4n) is 4.05. The number of carbonyl (C=O) groups excluding carboxylic acids is 2. The number of benzene rings is 1. The average Bonchev–Trinajstić information content (AvgIpc) is 2.68. The average molecular weight is 394 g/mol. The first-order valence-electron chi connectivity index (χ1n) is 9.61. The number of anilines is 1. The van der Waals surface area contributed by atoms with Crippen molar-refractivity contribution in [1.29, 1.82) is 0 Å². The summed E-state index contributed by atoms with van der Waals surface area (Å²) in [5.74, 6) is 1.12. The molecule has 6 nitrogen and oxygen atoms in total. The van der Waals surface area contributed by atoms with E-state index in [-0.39, 0.29) is 17.7 Å². The second-order valence-electron chi connectivity index (χ2n) is 7.67. The molecular weight excluding hydrogens is 366 g/mol. The Kier molecular flexibility index (Phi) is 6.15. The molecule has 0 spiro atoms. The van der Waals surface area contributed by atoms with E-state index in [0.717, 1.165) is 19.5 Å². The van der Waals surface area contributed by atoms with Crippen LogP contribution in [0.3, 0.4) is 0 Å². The lowest BCUT2D eigenvalue weighted by Crippen LogP contribution is -2.47. The third-order valence-electron chi connectivity index (χ3n) is 5.65. The second kappa shape index (κ2) is 8.38. The Morgan fingerprint density at radius 1 is 1.15 bits per heavy atom. The molecule has 2 fully saturated rings. The van der Waals surface area contributed by atoms with Gasteiger partial charge in [-0.15, -0.1) is 0 Å². The molecule has 2 N–H and O–H groups in total. The Morgan fingerprint density at radius 3 is 2.48 bits per heavy atom. The number of nitrogen functional groups attached to an aromatic ring is 1. The van der Waals surface area contributed by atoms with E-state index in [9.17, 15) is 9.59 Å². The van der Waals surface area contributed by atoms with Gasteiger partial charge in [-0.05, 0) is 37.7 Å². The van der Waals surface area contributed by atoms with Crippen LogP contribution in [0.5, 0.6) is 5.75 Å². The van der Waals surface area contributed by atoms with Gasteiger partial charge in [0.25, 0.3) is 5.91 Å². The van der Waals surface area contributed by atoms with Crippen molar-refractivity contribution in [3.63, 3.8) is 0 Å². The lowest BCUT2D eigenvalue weighted by atomic mass is 9.92. The van der Waals surface area contributed by atoms with Crippen LogP contribution in [0.15, 0.2) is 12.1 Å². The van der Waals surface area contributed by atoms with Gasteiger partial charge in [0.05, 0.1) is 23.4 Å². The predicted octanol–water partition coefficient (Wildman–Crippen LogP) is 3.04. The van der Waals surface area contributed by atoms with Crippen molar-refractivity contribution in [3.8, 4) is 5.75 Å². The summed E-state index contributed by atoms with van der Waals surface area (Å²) >= 11 is 6.09. The number of carbonyl (C=O) groups is 2. The summed E-state index contributed by atoms with van der Waals surface area (Å²) in [4.78, 5) is 29.5. The number of ether oxygens (including phenoxy) is 1. The van der Waals surface area contributed by atoms with E-state index in [1.165, 1.54) is 13.5 Å². The molecule has 2 heterocycles. The van der Waals surface area contributed by atoms with Crippen molar-refractivity contribution < 1.29 is 14.3 Å². The fraction of sp³-hybridized carbons (Fsp3) is 0.600. The Bertz CT molecular complexity index is 717. The molecule has 0 aromatic heterocycles. The highest BCUT2D eigenvalue weighted by atomic mass is 35.5. The molecule has 0 saturated carbocycles. The van der Waals surface area contributed by atoms with Crippen LogP contribution in [-0.2, 0) is 4.79 Å². The summed E-state index contributed by atoms with van der Waals surface area (Å²) in [5, 5.41) is 0.337. The maximum atomic E-state index is 12.9. The van der Waals surface area contributed by atoms with Gasteiger partial charge < -0.3 is 20.3 Å². The summed E-state index contributed by atoms with van der Waals surface area (Å²) in [7, 11) is 1.50. The number of hydrogen-bond donors (Lipinski definition) is 1. The van der Waals surface area contributed by atoms with Gasteiger partial charge in [-0.1, -0.05) is 18.5 Å². The minimum atomic E-state index is -0.133. The normalized spacial score (nSPS) is 21.2. The largest absolute Gasteiger partial charge is 0.496 e. The molecule has 2 aliphatic rings. The molecule has 1 aromatic carbocycles. The van der Waals surface area contributed by atoms with Gasteiger partial charge in [0.1, 0.15) is 5.75 Å². The zero-order chi connectivity index (χ0) is 19.6. The van der Waals surface area contributed by atoms with Gasteiger partial charge in [-0.25, -0.2) is 0 Å². The quantitative estimate of drug-likeness (QED) is 0.801.